The summed E-state index contributed by atoms with van der Waals surface area (Å²) in [6, 6.07) is 0.721. The van der Waals surface area contributed by atoms with Crippen LogP contribution in [0.5, 0.6) is 0 Å². The summed E-state index contributed by atoms with van der Waals surface area (Å²) in [7, 11) is 0. The third kappa shape index (κ3) is 1.89. The van der Waals surface area contributed by atoms with Gasteiger partial charge in [-0.05, 0) is 64.2 Å². The van der Waals surface area contributed by atoms with E-state index in [0.29, 0.717) is 11.5 Å². The third-order valence-electron chi connectivity index (χ3n) is 5.06. The Morgan fingerprint density at radius 3 is 2.31 bits per heavy atom. The quantitative estimate of drug-likeness (QED) is 0.725. The second-order valence-corrected chi connectivity index (χ2v) is 5.89. The van der Waals surface area contributed by atoms with Gasteiger partial charge in [0.15, 0.2) is 0 Å². The first-order valence-electron chi connectivity index (χ1n) is 6.86. The Kier molecular flexibility index (Phi) is 2.94. The van der Waals surface area contributed by atoms with E-state index >= 15 is 0 Å². The van der Waals surface area contributed by atoms with E-state index in [0.717, 1.165) is 12.6 Å². The van der Waals surface area contributed by atoms with Gasteiger partial charge in [0.1, 0.15) is 0 Å². The van der Waals surface area contributed by atoms with Crippen molar-refractivity contribution >= 4 is 0 Å². The molecule has 3 rings (SSSR count). The van der Waals surface area contributed by atoms with E-state index in [2.05, 4.69) is 17.1 Å². The van der Waals surface area contributed by atoms with Crippen LogP contribution in [-0.4, -0.2) is 49.8 Å². The normalized spacial score (nSPS) is 39.6. The van der Waals surface area contributed by atoms with Gasteiger partial charge in [0.05, 0.1) is 18.8 Å². The number of hydrogen-bond donors (Lipinski definition) is 1. The Bertz CT molecular complexity index is 240. The molecular weight excluding hydrogens is 200 g/mol. The van der Waals surface area contributed by atoms with Crippen molar-refractivity contribution in [2.45, 2.75) is 44.8 Å². The first-order valence-corrected chi connectivity index (χ1v) is 6.86. The van der Waals surface area contributed by atoms with E-state index in [-0.39, 0.29) is 0 Å². The molecule has 0 aliphatic carbocycles. The molecule has 3 aliphatic heterocycles. The summed E-state index contributed by atoms with van der Waals surface area (Å²) in [4.78, 5) is 2.67. The summed E-state index contributed by atoms with van der Waals surface area (Å²) in [5, 5.41) is 3.49. The van der Waals surface area contributed by atoms with Crippen molar-refractivity contribution in [2.24, 2.45) is 5.41 Å². The van der Waals surface area contributed by atoms with Crippen LogP contribution < -0.4 is 5.32 Å². The van der Waals surface area contributed by atoms with E-state index in [9.17, 15) is 0 Å². The molecule has 1 spiro atoms. The van der Waals surface area contributed by atoms with Crippen molar-refractivity contribution in [2.75, 3.05) is 32.8 Å². The Morgan fingerprint density at radius 1 is 1.12 bits per heavy atom. The Balaban J connectivity index is 1.54. The van der Waals surface area contributed by atoms with E-state index in [1.807, 2.05) is 0 Å². The molecule has 0 saturated carbocycles. The lowest BCUT2D eigenvalue weighted by molar-refractivity contribution is -0.136. The van der Waals surface area contributed by atoms with Crippen molar-refractivity contribution in [1.82, 2.24) is 10.2 Å². The molecule has 3 heteroatoms. The van der Waals surface area contributed by atoms with Crippen LogP contribution in [0, 0.1) is 5.41 Å². The van der Waals surface area contributed by atoms with Crippen molar-refractivity contribution in [1.29, 1.82) is 0 Å². The van der Waals surface area contributed by atoms with Gasteiger partial charge in [-0.1, -0.05) is 0 Å². The van der Waals surface area contributed by atoms with Crippen molar-refractivity contribution in [3.8, 4) is 0 Å². The fourth-order valence-electron chi connectivity index (χ4n) is 3.56. The molecule has 0 aromatic rings. The highest BCUT2D eigenvalue weighted by Gasteiger charge is 2.40. The van der Waals surface area contributed by atoms with E-state index in [1.165, 1.54) is 51.9 Å². The van der Waals surface area contributed by atoms with Crippen LogP contribution in [-0.2, 0) is 4.74 Å². The lowest BCUT2D eigenvalue weighted by atomic mass is 9.71. The summed E-state index contributed by atoms with van der Waals surface area (Å²) in [5.41, 5.74) is 0.690. The zero-order valence-corrected chi connectivity index (χ0v) is 10.4. The smallest absolute Gasteiger partial charge is 0.0725 e. The average Bonchev–Trinajstić information content (AvgIpc) is 2.32. The maximum atomic E-state index is 5.48. The lowest BCUT2D eigenvalue weighted by Gasteiger charge is -2.50. The summed E-state index contributed by atoms with van der Waals surface area (Å²) < 4.78 is 5.48. The first kappa shape index (κ1) is 11.0. The zero-order valence-electron chi connectivity index (χ0n) is 10.4. The largest absolute Gasteiger partial charge is 0.375 e. The molecule has 1 N–H and O–H groups in total. The SMILES string of the molecule is CC1OCC1N1CCC2(CCNCC2)CC1. The Hall–Kier alpha value is -0.120. The number of rotatable bonds is 1. The molecule has 2 unspecified atom stereocenters. The van der Waals surface area contributed by atoms with E-state index < -0.39 is 0 Å². The molecule has 92 valence electrons. The van der Waals surface area contributed by atoms with Crippen molar-refractivity contribution in [3.05, 3.63) is 0 Å². The minimum Gasteiger partial charge on any atom is -0.375 e. The lowest BCUT2D eigenvalue weighted by Crippen LogP contribution is -2.58. The molecule has 2 atom stereocenters. The highest BCUT2D eigenvalue weighted by atomic mass is 16.5. The van der Waals surface area contributed by atoms with Gasteiger partial charge < -0.3 is 10.1 Å². The predicted octanol–water partition coefficient (Wildman–Crippen LogP) is 1.24. The van der Waals surface area contributed by atoms with Crippen molar-refractivity contribution < 1.29 is 4.74 Å². The minimum absolute atomic E-state index is 0.474. The molecule has 3 heterocycles. The maximum Gasteiger partial charge on any atom is 0.0725 e. The van der Waals surface area contributed by atoms with Gasteiger partial charge in [0.2, 0.25) is 0 Å². The molecule has 0 amide bonds. The highest BCUT2D eigenvalue weighted by Crippen LogP contribution is 2.40. The number of nitrogens with one attached hydrogen (secondary N) is 1. The van der Waals surface area contributed by atoms with E-state index in [4.69, 9.17) is 4.74 Å². The number of nitrogens with zero attached hydrogens (tertiary/aromatic N) is 1. The Morgan fingerprint density at radius 2 is 1.81 bits per heavy atom. The van der Waals surface area contributed by atoms with Gasteiger partial charge >= 0.3 is 0 Å². The van der Waals surface area contributed by atoms with Gasteiger partial charge in [-0.2, -0.15) is 0 Å². The highest BCUT2D eigenvalue weighted by molar-refractivity contribution is 4.94. The predicted molar refractivity (Wildman–Crippen MR) is 64.5 cm³/mol. The minimum atomic E-state index is 0.474. The third-order valence-corrected chi connectivity index (χ3v) is 5.06. The van der Waals surface area contributed by atoms with Crippen molar-refractivity contribution in [3.63, 3.8) is 0 Å². The van der Waals surface area contributed by atoms with Gasteiger partial charge in [0, 0.05) is 0 Å². The fourth-order valence-corrected chi connectivity index (χ4v) is 3.56. The first-order chi connectivity index (χ1) is 7.79. The summed E-state index contributed by atoms with van der Waals surface area (Å²) >= 11 is 0. The molecule has 0 bridgehead atoms. The Labute approximate surface area is 98.5 Å². The number of piperidine rings is 2. The number of likely N-dealkylation sites (tertiary alicyclic amines) is 1. The monoisotopic (exact) mass is 224 g/mol. The van der Waals surface area contributed by atoms with Crippen LogP contribution in [0.4, 0.5) is 0 Å². The van der Waals surface area contributed by atoms with Crippen LogP contribution in [0.1, 0.15) is 32.6 Å². The number of hydrogen-bond acceptors (Lipinski definition) is 3. The van der Waals surface area contributed by atoms with Crippen LogP contribution in [0.15, 0.2) is 0 Å². The summed E-state index contributed by atoms with van der Waals surface area (Å²) in [6.45, 7) is 8.27. The molecule has 0 aromatic carbocycles. The van der Waals surface area contributed by atoms with Crippen LogP contribution in [0.3, 0.4) is 0 Å². The molecule has 3 fully saturated rings. The van der Waals surface area contributed by atoms with Crippen LogP contribution >= 0.6 is 0 Å². The molecule has 3 nitrogen and oxygen atoms in total. The summed E-state index contributed by atoms with van der Waals surface area (Å²) in [5.74, 6) is 0. The topological polar surface area (TPSA) is 24.5 Å². The maximum absolute atomic E-state index is 5.48. The van der Waals surface area contributed by atoms with Crippen LogP contribution in [0.25, 0.3) is 0 Å². The molecule has 0 radical (unpaired) electrons. The number of ether oxygens (including phenoxy) is 1. The standard InChI is InChI=1S/C13H24N2O/c1-11-12(10-16-11)15-8-4-13(5-9-15)2-6-14-7-3-13/h11-12,14H,2-10H2,1H3. The molecular formula is C13H24N2O. The van der Waals surface area contributed by atoms with Crippen LogP contribution in [0.2, 0.25) is 0 Å². The van der Waals surface area contributed by atoms with Gasteiger partial charge in [-0.25, -0.2) is 0 Å². The second kappa shape index (κ2) is 4.28. The average molecular weight is 224 g/mol. The van der Waals surface area contributed by atoms with Gasteiger partial charge in [0.25, 0.3) is 0 Å². The second-order valence-electron chi connectivity index (χ2n) is 5.89. The van der Waals surface area contributed by atoms with Gasteiger partial charge in [-0.3, -0.25) is 4.90 Å². The van der Waals surface area contributed by atoms with E-state index in [1.54, 1.807) is 0 Å². The summed E-state index contributed by atoms with van der Waals surface area (Å²) in [6.07, 6.45) is 6.10. The van der Waals surface area contributed by atoms with Gasteiger partial charge in [-0.15, -0.1) is 0 Å². The molecule has 0 aromatic heterocycles. The fraction of sp³-hybridized carbons (Fsp3) is 1.00. The molecule has 16 heavy (non-hydrogen) atoms. The zero-order chi connectivity index (χ0) is 11.0. The molecule has 3 aliphatic rings. The molecule has 3 saturated heterocycles.